The molecule has 0 aliphatic carbocycles. The minimum absolute atomic E-state index is 0.00835. The number of hydrogen-bond acceptors (Lipinski definition) is 6. The zero-order chi connectivity index (χ0) is 48.5. The molecule has 0 aromatic rings. The summed E-state index contributed by atoms with van der Waals surface area (Å²) in [6.45, 7) is 4.49. The van der Waals surface area contributed by atoms with E-state index in [9.17, 15) is 19.4 Å². The normalized spacial score (nSPS) is 15.0. The number of unbranched alkanes of at least 4 members (excludes halogenated alkanes) is 17. The molecule has 0 aliphatic rings. The van der Waals surface area contributed by atoms with Crippen LogP contribution in [0.5, 0.6) is 0 Å². The summed E-state index contributed by atoms with van der Waals surface area (Å²) in [5, 5.41) is 13.8. The van der Waals surface area contributed by atoms with Gasteiger partial charge in [-0.2, -0.15) is 0 Å². The number of rotatable bonds is 46. The first-order valence-electron chi connectivity index (χ1n) is 26.2. The van der Waals surface area contributed by atoms with Gasteiger partial charge in [-0.05, 0) is 83.5 Å². The van der Waals surface area contributed by atoms with Gasteiger partial charge in [0.1, 0.15) is 13.2 Å². The van der Waals surface area contributed by atoms with E-state index < -0.39 is 20.0 Å². The summed E-state index contributed by atoms with van der Waals surface area (Å²) in [7, 11) is 1.24. The van der Waals surface area contributed by atoms with Crippen LogP contribution in [-0.2, 0) is 18.4 Å². The molecule has 0 fully saturated rings. The van der Waals surface area contributed by atoms with E-state index in [2.05, 4.69) is 116 Å². The Labute approximate surface area is 406 Å². The lowest BCUT2D eigenvalue weighted by Crippen LogP contribution is -2.45. The van der Waals surface area contributed by atoms with Crippen molar-refractivity contribution >= 4 is 13.7 Å². The topological polar surface area (TPSA) is 108 Å². The fourth-order valence-corrected chi connectivity index (χ4v) is 7.60. The lowest BCUT2D eigenvalue weighted by atomic mass is 10.1. The van der Waals surface area contributed by atoms with Gasteiger partial charge in [-0.3, -0.25) is 9.36 Å². The first kappa shape index (κ1) is 63.2. The van der Waals surface area contributed by atoms with Crippen molar-refractivity contribution in [1.82, 2.24) is 5.32 Å². The summed E-state index contributed by atoms with van der Waals surface area (Å²) in [6, 6.07) is -0.897. The Morgan fingerprint density at radius 3 is 1.35 bits per heavy atom. The van der Waals surface area contributed by atoms with Crippen molar-refractivity contribution in [2.75, 3.05) is 40.9 Å². The Balaban J connectivity index is 4.18. The van der Waals surface area contributed by atoms with Crippen molar-refractivity contribution in [2.24, 2.45) is 0 Å². The summed E-state index contributed by atoms with van der Waals surface area (Å²) in [5.41, 5.74) is 0. The average molecular weight is 939 g/mol. The fourth-order valence-electron chi connectivity index (χ4n) is 6.87. The van der Waals surface area contributed by atoms with E-state index in [1.807, 2.05) is 27.2 Å². The van der Waals surface area contributed by atoms with Crippen LogP contribution in [0.3, 0.4) is 0 Å². The van der Waals surface area contributed by atoms with Crippen LogP contribution in [-0.4, -0.2) is 68.5 Å². The fraction of sp³-hybridized carbons (Fsp3) is 0.667. The second-order valence-electron chi connectivity index (χ2n) is 18.5. The summed E-state index contributed by atoms with van der Waals surface area (Å²) >= 11 is 0. The summed E-state index contributed by atoms with van der Waals surface area (Å²) < 4.78 is 23.2. The Morgan fingerprint density at radius 1 is 0.545 bits per heavy atom. The number of aliphatic hydroxyl groups excluding tert-OH is 1. The smallest absolute Gasteiger partial charge is 0.268 e. The molecule has 378 valence electrons. The van der Waals surface area contributed by atoms with Gasteiger partial charge in [0.2, 0.25) is 5.91 Å². The van der Waals surface area contributed by atoms with Crippen molar-refractivity contribution in [1.29, 1.82) is 0 Å². The molecule has 66 heavy (non-hydrogen) atoms. The molecule has 0 heterocycles. The molecular formula is C57H99N2O6P. The highest BCUT2D eigenvalue weighted by Crippen LogP contribution is 2.38. The molecule has 0 saturated carbocycles. The van der Waals surface area contributed by atoms with Crippen molar-refractivity contribution in [3.8, 4) is 0 Å². The van der Waals surface area contributed by atoms with Gasteiger partial charge < -0.3 is 28.8 Å². The van der Waals surface area contributed by atoms with E-state index in [-0.39, 0.29) is 19.1 Å². The van der Waals surface area contributed by atoms with Gasteiger partial charge in [-0.1, -0.05) is 213 Å². The molecule has 2 N–H and O–H groups in total. The summed E-state index contributed by atoms with van der Waals surface area (Å²) in [5.74, 6) is -0.213. The van der Waals surface area contributed by atoms with Crippen LogP contribution in [0.2, 0.25) is 0 Å². The molecule has 0 bridgehead atoms. The van der Waals surface area contributed by atoms with Crippen molar-refractivity contribution < 1.29 is 32.9 Å². The maximum Gasteiger partial charge on any atom is 0.268 e. The van der Waals surface area contributed by atoms with Crippen molar-refractivity contribution in [3.63, 3.8) is 0 Å². The van der Waals surface area contributed by atoms with Crippen LogP contribution in [0.1, 0.15) is 194 Å². The van der Waals surface area contributed by atoms with Gasteiger partial charge >= 0.3 is 0 Å². The highest BCUT2D eigenvalue weighted by molar-refractivity contribution is 7.45. The number of amides is 1. The lowest BCUT2D eigenvalue weighted by Gasteiger charge is -2.29. The van der Waals surface area contributed by atoms with Gasteiger partial charge in [-0.25, -0.2) is 0 Å². The number of aliphatic hydroxyl groups is 1. The summed E-state index contributed by atoms with van der Waals surface area (Å²) in [4.78, 5) is 25.4. The maximum atomic E-state index is 12.9. The predicted octanol–water partition coefficient (Wildman–Crippen LogP) is 15.0. The first-order valence-corrected chi connectivity index (χ1v) is 27.7. The monoisotopic (exact) mass is 939 g/mol. The highest BCUT2D eigenvalue weighted by Gasteiger charge is 2.23. The van der Waals surface area contributed by atoms with Gasteiger partial charge in [0.15, 0.2) is 0 Å². The number of carbonyl (C=O) groups is 1. The molecule has 0 saturated heterocycles. The van der Waals surface area contributed by atoms with Crippen molar-refractivity contribution in [3.05, 3.63) is 109 Å². The molecule has 0 aliphatic heterocycles. The highest BCUT2D eigenvalue weighted by atomic mass is 31.2. The van der Waals surface area contributed by atoms with E-state index in [0.717, 1.165) is 103 Å². The number of allylic oxidation sites excluding steroid dienone is 17. The molecule has 8 nitrogen and oxygen atoms in total. The largest absolute Gasteiger partial charge is 0.756 e. The Kier molecular flexibility index (Phi) is 45.2. The molecule has 0 aromatic carbocycles. The van der Waals surface area contributed by atoms with E-state index in [1.54, 1.807) is 6.08 Å². The quantitative estimate of drug-likeness (QED) is 0.0272. The van der Waals surface area contributed by atoms with Crippen LogP contribution in [0, 0.1) is 0 Å². The first-order chi connectivity index (χ1) is 32.0. The molecule has 9 heteroatoms. The zero-order valence-corrected chi connectivity index (χ0v) is 43.7. The molecular weight excluding hydrogens is 840 g/mol. The second-order valence-corrected chi connectivity index (χ2v) is 19.9. The van der Waals surface area contributed by atoms with E-state index >= 15 is 0 Å². The van der Waals surface area contributed by atoms with Gasteiger partial charge in [0.25, 0.3) is 7.82 Å². The van der Waals surface area contributed by atoms with Crippen LogP contribution in [0.4, 0.5) is 0 Å². The van der Waals surface area contributed by atoms with Crippen molar-refractivity contribution in [2.45, 2.75) is 206 Å². The molecule has 0 aromatic heterocycles. The Bertz CT molecular complexity index is 1440. The standard InChI is InChI=1S/C57H99N2O6P/c1-6-8-10-12-14-16-18-19-20-21-22-23-24-25-26-27-28-29-30-31-32-33-34-35-36-37-38-39-41-43-45-47-49-51-57(61)58-55(54-65-66(62,63)64-53-52-59(3,4)5)56(60)50-48-46-44-42-40-17-15-13-11-9-7-2/h8,10,14,16,19-20,22-23,25-26,28-29,31-32,34-35,48,50,55-56,60H,6-7,9,11-13,15,17-18,21,24,27,30,33,36-47,49,51-54H2,1-5H3,(H-,58,61,62,63)/b10-8-,16-14-,20-19-,23-22-,26-25-,29-28-,32-31-,35-34-,50-48+. The second kappa shape index (κ2) is 47.2. The number of phosphoric acid groups is 1. The molecule has 3 unspecified atom stereocenters. The van der Waals surface area contributed by atoms with E-state index in [1.165, 1.54) is 70.6 Å². The number of phosphoric ester groups is 1. The summed E-state index contributed by atoms with van der Waals surface area (Å²) in [6.07, 6.45) is 68.7. The number of nitrogens with zero attached hydrogens (tertiary/aromatic N) is 1. The average Bonchev–Trinajstić information content (AvgIpc) is 3.28. The minimum atomic E-state index is -4.60. The van der Waals surface area contributed by atoms with E-state index in [0.29, 0.717) is 17.4 Å². The maximum absolute atomic E-state index is 12.9. The molecule has 0 spiro atoms. The Hall–Kier alpha value is -2.84. The number of hydrogen-bond donors (Lipinski definition) is 2. The lowest BCUT2D eigenvalue weighted by molar-refractivity contribution is -0.870. The number of likely N-dealkylation sites (N-methyl/N-ethyl adjacent to an activating group) is 1. The third-order valence-electron chi connectivity index (χ3n) is 11.0. The van der Waals surface area contributed by atoms with Crippen LogP contribution in [0.15, 0.2) is 109 Å². The number of nitrogens with one attached hydrogen (secondary N) is 1. The molecule has 0 rings (SSSR count). The van der Waals surface area contributed by atoms with Crippen LogP contribution < -0.4 is 10.2 Å². The third-order valence-corrected chi connectivity index (χ3v) is 12.0. The predicted molar refractivity (Wildman–Crippen MR) is 283 cm³/mol. The molecule has 3 atom stereocenters. The van der Waals surface area contributed by atoms with Gasteiger partial charge in [0.05, 0.1) is 39.9 Å². The van der Waals surface area contributed by atoms with Gasteiger partial charge in [-0.15, -0.1) is 0 Å². The molecule has 0 radical (unpaired) electrons. The van der Waals surface area contributed by atoms with Crippen LogP contribution >= 0.6 is 7.82 Å². The Morgan fingerprint density at radius 2 is 0.924 bits per heavy atom. The van der Waals surface area contributed by atoms with Gasteiger partial charge in [0, 0.05) is 6.42 Å². The number of quaternary nitrogens is 1. The van der Waals surface area contributed by atoms with E-state index in [4.69, 9.17) is 9.05 Å². The zero-order valence-electron chi connectivity index (χ0n) is 42.9. The molecule has 1 amide bonds. The van der Waals surface area contributed by atoms with Crippen LogP contribution in [0.25, 0.3) is 0 Å². The third kappa shape index (κ3) is 49.1. The SMILES string of the molecule is CC/C=C\C/C=C\C/C=C\C/C=C\C/C=C\C/C=C\C/C=C\C/C=C\CCCCCCCCCCC(=O)NC(COP(=O)([O-])OCC[N+](C)(C)C)C(O)/C=C/CCCCCCCCCCC. The minimum Gasteiger partial charge on any atom is -0.756 e. The number of carbonyl (C=O) groups excluding carboxylic acids is 1.